The Morgan fingerprint density at radius 1 is 0.935 bits per heavy atom. The van der Waals surface area contributed by atoms with Gasteiger partial charge in [0.2, 0.25) is 5.69 Å². The van der Waals surface area contributed by atoms with E-state index in [1.54, 1.807) is 6.07 Å². The van der Waals surface area contributed by atoms with Gasteiger partial charge in [0.15, 0.2) is 0 Å². The van der Waals surface area contributed by atoms with Crippen molar-refractivity contribution in [2.75, 3.05) is 13.1 Å². The van der Waals surface area contributed by atoms with Crippen molar-refractivity contribution < 1.29 is 4.79 Å². The molecule has 0 fully saturated rings. The molecule has 0 atom stereocenters. The molecular weight excluding hydrogens is 392 g/mol. The summed E-state index contributed by atoms with van der Waals surface area (Å²) < 4.78 is 2.25. The molecule has 3 aromatic rings. The average Bonchev–Trinajstić information content (AvgIpc) is 2.75. The van der Waals surface area contributed by atoms with Crippen molar-refractivity contribution in [3.05, 3.63) is 91.3 Å². The normalized spacial score (nSPS) is 10.9. The summed E-state index contributed by atoms with van der Waals surface area (Å²) in [6, 6.07) is 13.0. The SMILES string of the molecule is CCN(CC)C(=O)c1nn(-c2ccc(C)c(C)c2)c(=O)n(Cc2ccccc2C)c1=O. The van der Waals surface area contributed by atoms with Gasteiger partial charge in [0.25, 0.3) is 11.5 Å². The van der Waals surface area contributed by atoms with E-state index in [2.05, 4.69) is 5.10 Å². The third-order valence-electron chi connectivity index (χ3n) is 5.64. The van der Waals surface area contributed by atoms with Crippen LogP contribution >= 0.6 is 0 Å². The lowest BCUT2D eigenvalue weighted by Crippen LogP contribution is -2.47. The van der Waals surface area contributed by atoms with E-state index in [-0.39, 0.29) is 12.2 Å². The third-order valence-corrected chi connectivity index (χ3v) is 5.64. The van der Waals surface area contributed by atoms with Gasteiger partial charge in [-0.3, -0.25) is 14.2 Å². The summed E-state index contributed by atoms with van der Waals surface area (Å²) in [5.41, 5.74) is 2.86. The molecule has 162 valence electrons. The molecule has 0 aliphatic carbocycles. The Morgan fingerprint density at radius 2 is 1.61 bits per heavy atom. The number of hydrogen-bond donors (Lipinski definition) is 0. The number of aromatic nitrogens is 3. The predicted octanol–water partition coefficient (Wildman–Crippen LogP) is 2.85. The van der Waals surface area contributed by atoms with Crippen molar-refractivity contribution in [1.29, 1.82) is 0 Å². The third kappa shape index (κ3) is 4.35. The molecule has 1 aromatic heterocycles. The van der Waals surface area contributed by atoms with Gasteiger partial charge < -0.3 is 4.90 Å². The summed E-state index contributed by atoms with van der Waals surface area (Å²) in [6.45, 7) is 10.5. The lowest BCUT2D eigenvalue weighted by molar-refractivity contribution is 0.0761. The average molecular weight is 421 g/mol. The molecule has 0 saturated heterocycles. The molecule has 0 saturated carbocycles. The highest BCUT2D eigenvalue weighted by Gasteiger charge is 2.24. The first kappa shape index (κ1) is 22.2. The van der Waals surface area contributed by atoms with Crippen molar-refractivity contribution in [2.45, 2.75) is 41.2 Å². The first-order chi connectivity index (χ1) is 14.8. The fourth-order valence-corrected chi connectivity index (χ4v) is 3.43. The van der Waals surface area contributed by atoms with Crippen molar-refractivity contribution in [2.24, 2.45) is 0 Å². The van der Waals surface area contributed by atoms with Gasteiger partial charge in [-0.05, 0) is 69.0 Å². The fourth-order valence-electron chi connectivity index (χ4n) is 3.43. The van der Waals surface area contributed by atoms with Gasteiger partial charge in [-0.1, -0.05) is 30.3 Å². The van der Waals surface area contributed by atoms with E-state index < -0.39 is 17.2 Å². The van der Waals surface area contributed by atoms with Crippen LogP contribution in [0.5, 0.6) is 0 Å². The fraction of sp³-hybridized carbons (Fsp3) is 0.333. The maximum Gasteiger partial charge on any atom is 0.352 e. The van der Waals surface area contributed by atoms with E-state index >= 15 is 0 Å². The van der Waals surface area contributed by atoms with Crippen molar-refractivity contribution in [3.63, 3.8) is 0 Å². The predicted molar refractivity (Wildman–Crippen MR) is 121 cm³/mol. The van der Waals surface area contributed by atoms with Crippen LogP contribution in [0.15, 0.2) is 52.1 Å². The largest absolute Gasteiger partial charge is 0.352 e. The van der Waals surface area contributed by atoms with Crippen LogP contribution in [0.4, 0.5) is 0 Å². The van der Waals surface area contributed by atoms with Gasteiger partial charge in [0.1, 0.15) is 0 Å². The Kier molecular flexibility index (Phi) is 6.53. The minimum atomic E-state index is -0.676. The lowest BCUT2D eigenvalue weighted by Gasteiger charge is -2.19. The van der Waals surface area contributed by atoms with Crippen LogP contribution in [0, 0.1) is 20.8 Å². The van der Waals surface area contributed by atoms with Crippen molar-refractivity contribution in [1.82, 2.24) is 19.2 Å². The topological polar surface area (TPSA) is 77.2 Å². The number of nitrogens with zero attached hydrogens (tertiary/aromatic N) is 4. The molecule has 2 aromatic carbocycles. The molecule has 7 heteroatoms. The zero-order chi connectivity index (χ0) is 22.7. The van der Waals surface area contributed by atoms with Crippen LogP contribution in [0.1, 0.15) is 46.6 Å². The van der Waals surface area contributed by atoms with Crippen LogP contribution < -0.4 is 11.2 Å². The summed E-state index contributed by atoms with van der Waals surface area (Å²) in [5, 5.41) is 4.23. The highest BCUT2D eigenvalue weighted by Crippen LogP contribution is 2.12. The molecule has 0 aliphatic rings. The summed E-state index contributed by atoms with van der Waals surface area (Å²) in [7, 11) is 0. The molecule has 1 amide bonds. The Labute approximate surface area is 181 Å². The maximum absolute atomic E-state index is 13.3. The monoisotopic (exact) mass is 420 g/mol. The Balaban J connectivity index is 2.28. The number of benzene rings is 2. The molecule has 7 nitrogen and oxygen atoms in total. The molecule has 0 N–H and O–H groups in total. The van der Waals surface area contributed by atoms with Gasteiger partial charge in [-0.2, -0.15) is 9.78 Å². The van der Waals surface area contributed by atoms with Gasteiger partial charge in [0, 0.05) is 13.1 Å². The molecule has 1 heterocycles. The smallest absolute Gasteiger partial charge is 0.338 e. The second-order valence-corrected chi connectivity index (χ2v) is 7.61. The van der Waals surface area contributed by atoms with E-state index in [1.165, 1.54) is 4.90 Å². The number of hydrogen-bond acceptors (Lipinski definition) is 4. The molecular formula is C24H28N4O3. The molecule has 0 spiro atoms. The highest BCUT2D eigenvalue weighted by molar-refractivity contribution is 5.91. The summed E-state index contributed by atoms with van der Waals surface area (Å²) in [5.74, 6) is -0.480. The van der Waals surface area contributed by atoms with E-state index in [0.717, 1.165) is 31.5 Å². The van der Waals surface area contributed by atoms with Crippen LogP contribution in [-0.2, 0) is 6.54 Å². The van der Waals surface area contributed by atoms with Crippen LogP contribution in [0.25, 0.3) is 5.69 Å². The Bertz CT molecular complexity index is 1240. The van der Waals surface area contributed by atoms with Crippen LogP contribution in [-0.4, -0.2) is 38.2 Å². The quantitative estimate of drug-likeness (QED) is 0.614. The number of aryl methyl sites for hydroxylation is 3. The first-order valence-corrected chi connectivity index (χ1v) is 10.4. The van der Waals surface area contributed by atoms with E-state index in [9.17, 15) is 14.4 Å². The minimum absolute atomic E-state index is 0.0657. The molecule has 0 aliphatic heterocycles. The summed E-state index contributed by atoms with van der Waals surface area (Å²) >= 11 is 0. The number of carbonyl (C=O) groups is 1. The summed E-state index contributed by atoms with van der Waals surface area (Å²) in [4.78, 5) is 41.1. The standard InChI is InChI=1S/C24H28N4O3/c1-6-26(7-2)22(29)21-23(30)27(15-19-11-9-8-10-17(19)4)24(31)28(25-21)20-13-12-16(3)18(5)14-20/h8-14H,6-7,15H2,1-5H3. The van der Waals surface area contributed by atoms with E-state index in [0.29, 0.717) is 18.8 Å². The maximum atomic E-state index is 13.3. The molecule has 0 radical (unpaired) electrons. The van der Waals surface area contributed by atoms with Crippen LogP contribution in [0.2, 0.25) is 0 Å². The zero-order valence-electron chi connectivity index (χ0n) is 18.7. The molecule has 3 rings (SSSR count). The first-order valence-electron chi connectivity index (χ1n) is 10.4. The van der Waals surface area contributed by atoms with Crippen molar-refractivity contribution in [3.8, 4) is 5.69 Å². The van der Waals surface area contributed by atoms with Crippen LogP contribution in [0.3, 0.4) is 0 Å². The Hall–Kier alpha value is -3.48. The molecule has 0 bridgehead atoms. The lowest BCUT2D eigenvalue weighted by atomic mass is 10.1. The second-order valence-electron chi connectivity index (χ2n) is 7.61. The number of amides is 1. The van der Waals surface area contributed by atoms with Gasteiger partial charge >= 0.3 is 5.69 Å². The zero-order valence-corrected chi connectivity index (χ0v) is 18.7. The Morgan fingerprint density at radius 3 is 2.23 bits per heavy atom. The van der Waals surface area contributed by atoms with Gasteiger partial charge in [-0.25, -0.2) is 4.79 Å². The number of carbonyl (C=O) groups excluding carboxylic acids is 1. The van der Waals surface area contributed by atoms with Gasteiger partial charge in [0.05, 0.1) is 12.2 Å². The summed E-state index contributed by atoms with van der Waals surface area (Å²) in [6.07, 6.45) is 0. The van der Waals surface area contributed by atoms with Crippen molar-refractivity contribution >= 4 is 5.91 Å². The highest BCUT2D eigenvalue weighted by atomic mass is 16.2. The number of rotatable bonds is 6. The minimum Gasteiger partial charge on any atom is -0.338 e. The van der Waals surface area contributed by atoms with Gasteiger partial charge in [-0.15, -0.1) is 0 Å². The molecule has 0 unspecified atom stereocenters. The van der Waals surface area contributed by atoms with E-state index in [4.69, 9.17) is 0 Å². The molecule has 31 heavy (non-hydrogen) atoms. The second kappa shape index (κ2) is 9.12. The van der Waals surface area contributed by atoms with E-state index in [1.807, 2.05) is 71.0 Å².